The van der Waals surface area contributed by atoms with E-state index in [1.54, 1.807) is 55.4 Å². The first-order chi connectivity index (χ1) is 18.2. The number of carbonyl (C=O) groups excluding carboxylic acids is 3. The van der Waals surface area contributed by atoms with Crippen LogP contribution in [0.15, 0.2) is 48.1 Å². The Morgan fingerprint density at radius 3 is 2.61 bits per heavy atom. The van der Waals surface area contributed by atoms with E-state index >= 15 is 0 Å². The maximum absolute atomic E-state index is 13.9. The molecule has 0 bridgehead atoms. The SMILES string of the molecule is CC(=O)c1nn(CC(=O)N2[C@@H]3C[C@@H]3C[C@H]2C(=O)NCC(F)=C(C)C)c2ccc(OCc3ncccn3)cc12. The number of nitrogens with zero attached hydrogens (tertiary/aromatic N) is 5. The van der Waals surface area contributed by atoms with Crippen molar-refractivity contribution >= 4 is 28.5 Å². The third-order valence-corrected chi connectivity index (χ3v) is 6.98. The van der Waals surface area contributed by atoms with Crippen LogP contribution >= 0.6 is 0 Å². The first kappa shape index (κ1) is 25.5. The molecule has 1 aliphatic heterocycles. The first-order valence-electron chi connectivity index (χ1n) is 12.5. The fourth-order valence-electron chi connectivity index (χ4n) is 4.90. The number of allylic oxidation sites excluding steroid dienone is 1. The van der Waals surface area contributed by atoms with Crippen LogP contribution in [0.2, 0.25) is 0 Å². The van der Waals surface area contributed by atoms with Gasteiger partial charge >= 0.3 is 0 Å². The van der Waals surface area contributed by atoms with E-state index < -0.39 is 11.9 Å². The zero-order valence-electron chi connectivity index (χ0n) is 21.5. The number of ketones is 1. The van der Waals surface area contributed by atoms with Gasteiger partial charge < -0.3 is 15.0 Å². The van der Waals surface area contributed by atoms with Gasteiger partial charge in [-0.2, -0.15) is 5.10 Å². The standard InChI is InChI=1S/C27H29FN6O4/c1-15(2)20(28)12-31-27(37)23-10-17-9-22(17)34(23)25(36)13-33-21-6-5-18(11-19(21)26(32-33)16(3)35)38-14-24-29-7-4-8-30-24/h4-8,11,17,22-23H,9-10,12-14H2,1-3H3,(H,31,37)/t17-,22-,23+/m1/s1. The summed E-state index contributed by atoms with van der Waals surface area (Å²) in [5.41, 5.74) is 1.33. The zero-order chi connectivity index (χ0) is 27.0. The molecule has 5 rings (SSSR count). The van der Waals surface area contributed by atoms with Gasteiger partial charge in [-0.3, -0.25) is 19.1 Å². The van der Waals surface area contributed by atoms with Crippen molar-refractivity contribution in [3.63, 3.8) is 0 Å². The van der Waals surface area contributed by atoms with E-state index in [1.807, 2.05) is 0 Å². The molecule has 0 unspecified atom stereocenters. The van der Waals surface area contributed by atoms with E-state index in [2.05, 4.69) is 20.4 Å². The smallest absolute Gasteiger partial charge is 0.245 e. The summed E-state index contributed by atoms with van der Waals surface area (Å²) in [6, 6.07) is 6.27. The maximum Gasteiger partial charge on any atom is 0.245 e. The lowest BCUT2D eigenvalue weighted by Gasteiger charge is -2.27. The van der Waals surface area contributed by atoms with Crippen LogP contribution in [0.4, 0.5) is 4.39 Å². The molecule has 2 amide bonds. The molecule has 10 nitrogen and oxygen atoms in total. The van der Waals surface area contributed by atoms with Crippen LogP contribution in [0.25, 0.3) is 10.9 Å². The van der Waals surface area contributed by atoms with Gasteiger partial charge in [-0.15, -0.1) is 0 Å². The van der Waals surface area contributed by atoms with Gasteiger partial charge in [-0.25, -0.2) is 14.4 Å². The second kappa shape index (κ2) is 10.3. The van der Waals surface area contributed by atoms with Crippen molar-refractivity contribution in [1.82, 2.24) is 30.0 Å². The predicted octanol–water partition coefficient (Wildman–Crippen LogP) is 2.98. The van der Waals surface area contributed by atoms with Gasteiger partial charge in [-0.05, 0) is 62.4 Å². The highest BCUT2D eigenvalue weighted by atomic mass is 19.1. The van der Waals surface area contributed by atoms with Crippen molar-refractivity contribution in [2.75, 3.05) is 6.54 Å². The van der Waals surface area contributed by atoms with Crippen LogP contribution in [0.5, 0.6) is 5.75 Å². The molecule has 38 heavy (non-hydrogen) atoms. The van der Waals surface area contributed by atoms with Crippen molar-refractivity contribution in [2.45, 2.75) is 58.8 Å². The van der Waals surface area contributed by atoms with E-state index in [0.29, 0.717) is 34.5 Å². The summed E-state index contributed by atoms with van der Waals surface area (Å²) in [5.74, 6) is 0.0506. The minimum Gasteiger partial charge on any atom is -0.486 e. The number of Topliss-reactive ketones (excluding diaryl/α,β-unsaturated/α-hetero) is 1. The normalized spacial score (nSPS) is 19.7. The Bertz CT molecular complexity index is 1430. The largest absolute Gasteiger partial charge is 0.486 e. The van der Waals surface area contributed by atoms with Gasteiger partial charge in [0, 0.05) is 30.7 Å². The Balaban J connectivity index is 1.33. The number of piperidine rings is 1. The van der Waals surface area contributed by atoms with Gasteiger partial charge in [0.2, 0.25) is 11.8 Å². The Kier molecular flexibility index (Phi) is 6.92. The Hall–Kier alpha value is -4.15. The summed E-state index contributed by atoms with van der Waals surface area (Å²) in [6.45, 7) is 4.53. The third kappa shape index (κ3) is 5.13. The molecule has 2 fully saturated rings. The highest BCUT2D eigenvalue weighted by Crippen LogP contribution is 2.48. The minimum atomic E-state index is -0.648. The van der Waals surface area contributed by atoms with Crippen LogP contribution in [-0.4, -0.2) is 60.9 Å². The molecule has 1 saturated carbocycles. The first-order valence-corrected chi connectivity index (χ1v) is 12.5. The number of likely N-dealkylation sites (tertiary alicyclic amines) is 1. The molecule has 11 heteroatoms. The molecule has 3 atom stereocenters. The van der Waals surface area contributed by atoms with E-state index in [-0.39, 0.29) is 54.9 Å². The molecule has 3 aromatic rings. The van der Waals surface area contributed by atoms with Gasteiger partial charge in [-0.1, -0.05) is 0 Å². The molecule has 2 aromatic heterocycles. The number of amides is 2. The molecule has 1 aromatic carbocycles. The fraction of sp³-hybridized carbons (Fsp3) is 0.407. The molecule has 1 aliphatic carbocycles. The summed E-state index contributed by atoms with van der Waals surface area (Å²) < 4.78 is 21.2. The van der Waals surface area contributed by atoms with Crippen molar-refractivity contribution in [3.8, 4) is 5.75 Å². The van der Waals surface area contributed by atoms with Gasteiger partial charge in [0.05, 0.1) is 12.1 Å². The topological polar surface area (TPSA) is 119 Å². The molecule has 1 saturated heterocycles. The summed E-state index contributed by atoms with van der Waals surface area (Å²) in [4.78, 5) is 48.5. The van der Waals surface area contributed by atoms with Crippen molar-refractivity contribution in [1.29, 1.82) is 0 Å². The maximum atomic E-state index is 13.9. The second-order valence-electron chi connectivity index (χ2n) is 9.93. The van der Waals surface area contributed by atoms with Crippen molar-refractivity contribution < 1.29 is 23.5 Å². The number of halogens is 1. The van der Waals surface area contributed by atoms with Crippen molar-refractivity contribution in [3.05, 3.63) is 59.6 Å². The Morgan fingerprint density at radius 1 is 1.13 bits per heavy atom. The molecular weight excluding hydrogens is 491 g/mol. The molecule has 0 radical (unpaired) electrons. The average Bonchev–Trinajstić information content (AvgIpc) is 3.41. The number of hydrogen-bond acceptors (Lipinski definition) is 7. The van der Waals surface area contributed by atoms with Gasteiger partial charge in [0.25, 0.3) is 0 Å². The highest BCUT2D eigenvalue weighted by Gasteiger charge is 2.56. The molecular formula is C27H29FN6O4. The summed E-state index contributed by atoms with van der Waals surface area (Å²) in [7, 11) is 0. The lowest BCUT2D eigenvalue weighted by atomic mass is 10.1. The van der Waals surface area contributed by atoms with E-state index in [0.717, 1.165) is 6.42 Å². The minimum absolute atomic E-state index is 0.000798. The average molecular weight is 521 g/mol. The van der Waals surface area contributed by atoms with Crippen LogP contribution in [0.3, 0.4) is 0 Å². The zero-order valence-corrected chi connectivity index (χ0v) is 21.5. The van der Waals surface area contributed by atoms with Crippen LogP contribution < -0.4 is 10.1 Å². The lowest BCUT2D eigenvalue weighted by Crippen LogP contribution is -2.49. The third-order valence-electron chi connectivity index (χ3n) is 6.98. The second-order valence-corrected chi connectivity index (χ2v) is 9.93. The molecule has 0 spiro atoms. The fourth-order valence-corrected chi connectivity index (χ4v) is 4.90. The number of ether oxygens (including phenoxy) is 1. The number of rotatable bonds is 9. The molecule has 1 N–H and O–H groups in total. The molecule has 198 valence electrons. The number of fused-ring (bicyclic) bond motifs is 2. The van der Waals surface area contributed by atoms with Gasteiger partial charge in [0.15, 0.2) is 11.6 Å². The number of nitrogens with one attached hydrogen (secondary N) is 1. The highest BCUT2D eigenvalue weighted by molar-refractivity contribution is 6.05. The molecule has 3 heterocycles. The number of hydrogen-bond donors (Lipinski definition) is 1. The molecule has 2 aliphatic rings. The predicted molar refractivity (Wildman–Crippen MR) is 136 cm³/mol. The van der Waals surface area contributed by atoms with Gasteiger partial charge in [0.1, 0.15) is 36.5 Å². The lowest BCUT2D eigenvalue weighted by molar-refractivity contribution is -0.140. The van der Waals surface area contributed by atoms with E-state index in [9.17, 15) is 18.8 Å². The number of carbonyl (C=O) groups is 3. The Labute approximate surface area is 218 Å². The number of aromatic nitrogens is 4. The quantitative estimate of drug-likeness (QED) is 0.431. The number of benzene rings is 1. The van der Waals surface area contributed by atoms with Crippen LogP contribution in [-0.2, 0) is 22.7 Å². The van der Waals surface area contributed by atoms with Crippen molar-refractivity contribution in [2.24, 2.45) is 5.92 Å². The summed E-state index contributed by atoms with van der Waals surface area (Å²) >= 11 is 0. The Morgan fingerprint density at radius 2 is 1.89 bits per heavy atom. The monoisotopic (exact) mass is 520 g/mol. The van der Waals surface area contributed by atoms with Crippen LogP contribution in [0.1, 0.15) is 49.9 Å². The van der Waals surface area contributed by atoms with E-state index in [1.165, 1.54) is 11.6 Å². The summed E-state index contributed by atoms with van der Waals surface area (Å²) in [5, 5.41) is 7.61. The van der Waals surface area contributed by atoms with E-state index in [4.69, 9.17) is 4.74 Å². The van der Waals surface area contributed by atoms with Crippen LogP contribution in [0, 0.1) is 5.92 Å². The summed E-state index contributed by atoms with van der Waals surface area (Å²) in [6.07, 6.45) is 4.67.